The summed E-state index contributed by atoms with van der Waals surface area (Å²) >= 11 is 0. The van der Waals surface area contributed by atoms with E-state index in [2.05, 4.69) is 0 Å². The van der Waals surface area contributed by atoms with Gasteiger partial charge in [0.2, 0.25) is 15.9 Å². The summed E-state index contributed by atoms with van der Waals surface area (Å²) in [4.78, 5) is 11.1. The van der Waals surface area contributed by atoms with Gasteiger partial charge in [-0.2, -0.15) is 4.31 Å². The highest BCUT2D eigenvalue weighted by Gasteiger charge is 2.39. The lowest BCUT2D eigenvalue weighted by Crippen LogP contribution is -2.46. The zero-order valence-corrected chi connectivity index (χ0v) is 10.9. The zero-order chi connectivity index (χ0) is 12.6. The van der Waals surface area contributed by atoms with Gasteiger partial charge >= 0.3 is 0 Å². The predicted octanol–water partition coefficient (Wildman–Crippen LogP) is 0.312. The second kappa shape index (κ2) is 4.33. The summed E-state index contributed by atoms with van der Waals surface area (Å²) < 4.78 is 25.4. The van der Waals surface area contributed by atoms with Gasteiger partial charge in [-0.25, -0.2) is 8.42 Å². The van der Waals surface area contributed by atoms with Crippen molar-refractivity contribution in [3.63, 3.8) is 0 Å². The van der Waals surface area contributed by atoms with Crippen LogP contribution in [-0.2, 0) is 14.8 Å². The fourth-order valence-electron chi connectivity index (χ4n) is 1.99. The minimum atomic E-state index is -3.38. The van der Waals surface area contributed by atoms with E-state index in [0.29, 0.717) is 19.4 Å². The second-order valence-corrected chi connectivity index (χ2v) is 7.41. The van der Waals surface area contributed by atoms with Crippen LogP contribution in [0.1, 0.15) is 33.6 Å². The van der Waals surface area contributed by atoms with E-state index in [9.17, 15) is 13.2 Å². The molecular weight excluding hydrogens is 228 g/mol. The highest BCUT2D eigenvalue weighted by molar-refractivity contribution is 7.89. The van der Waals surface area contributed by atoms with Crippen LogP contribution in [0.5, 0.6) is 0 Å². The van der Waals surface area contributed by atoms with Crippen LogP contribution in [0, 0.1) is 5.41 Å². The number of carbonyl (C=O) groups excluding carboxylic acids is 1. The van der Waals surface area contributed by atoms with E-state index in [1.54, 1.807) is 0 Å². The summed E-state index contributed by atoms with van der Waals surface area (Å²) in [6.45, 7) is 5.99. The van der Waals surface area contributed by atoms with E-state index in [4.69, 9.17) is 5.73 Å². The third kappa shape index (κ3) is 3.18. The van der Waals surface area contributed by atoms with Crippen molar-refractivity contribution in [1.82, 2.24) is 4.31 Å². The van der Waals surface area contributed by atoms with Crippen LogP contribution in [0.15, 0.2) is 0 Å². The van der Waals surface area contributed by atoms with Crippen LogP contribution in [-0.4, -0.2) is 37.0 Å². The van der Waals surface area contributed by atoms with Gasteiger partial charge in [-0.3, -0.25) is 4.79 Å². The second-order valence-electron chi connectivity index (χ2n) is 5.49. The van der Waals surface area contributed by atoms with Crippen molar-refractivity contribution in [2.45, 2.75) is 39.7 Å². The standard InChI is InChI=1S/C10H20N2O3S/c1-10(2,3)7-16(14,15)12-6-4-5-8(12)9(11)13/h8H,4-7H2,1-3H3,(H2,11,13). The first-order valence-corrected chi connectivity index (χ1v) is 7.03. The molecule has 1 atom stereocenters. The third-order valence-electron chi connectivity index (χ3n) is 2.50. The van der Waals surface area contributed by atoms with Gasteiger partial charge in [0.05, 0.1) is 5.75 Å². The van der Waals surface area contributed by atoms with E-state index in [1.165, 1.54) is 4.31 Å². The van der Waals surface area contributed by atoms with E-state index < -0.39 is 22.0 Å². The van der Waals surface area contributed by atoms with E-state index in [-0.39, 0.29) is 11.2 Å². The number of hydrogen-bond donors (Lipinski definition) is 1. The molecule has 0 saturated carbocycles. The molecule has 1 rings (SSSR count). The highest BCUT2D eigenvalue weighted by Crippen LogP contribution is 2.25. The molecule has 0 radical (unpaired) electrons. The number of sulfonamides is 1. The molecule has 1 aliphatic rings. The molecule has 5 nitrogen and oxygen atoms in total. The van der Waals surface area contributed by atoms with Crippen LogP contribution in [0.2, 0.25) is 0 Å². The average Bonchev–Trinajstić information content (AvgIpc) is 2.45. The van der Waals surface area contributed by atoms with E-state index in [1.807, 2.05) is 20.8 Å². The first-order valence-electron chi connectivity index (χ1n) is 5.42. The van der Waals surface area contributed by atoms with Gasteiger partial charge in [-0.1, -0.05) is 20.8 Å². The molecule has 6 heteroatoms. The van der Waals surface area contributed by atoms with Crippen LogP contribution in [0.3, 0.4) is 0 Å². The van der Waals surface area contributed by atoms with Gasteiger partial charge in [0.25, 0.3) is 0 Å². The number of nitrogens with zero attached hydrogens (tertiary/aromatic N) is 1. The normalized spacial score (nSPS) is 23.6. The molecule has 1 saturated heterocycles. The Bertz CT molecular complexity index is 370. The quantitative estimate of drug-likeness (QED) is 0.780. The molecule has 0 aromatic carbocycles. The number of rotatable bonds is 3. The Morgan fingerprint density at radius 1 is 1.44 bits per heavy atom. The topological polar surface area (TPSA) is 80.5 Å². The van der Waals surface area contributed by atoms with Crippen molar-refractivity contribution in [3.05, 3.63) is 0 Å². The summed E-state index contributed by atoms with van der Waals surface area (Å²) in [5.74, 6) is -0.501. The van der Waals surface area contributed by atoms with E-state index in [0.717, 1.165) is 0 Å². The molecule has 1 unspecified atom stereocenters. The molecule has 0 aromatic heterocycles. The molecule has 2 N–H and O–H groups in total. The Morgan fingerprint density at radius 2 is 2.00 bits per heavy atom. The van der Waals surface area contributed by atoms with Crippen molar-refractivity contribution in [3.8, 4) is 0 Å². The fraction of sp³-hybridized carbons (Fsp3) is 0.900. The SMILES string of the molecule is CC(C)(C)CS(=O)(=O)N1CCCC1C(N)=O. The molecule has 94 valence electrons. The summed E-state index contributed by atoms with van der Waals surface area (Å²) in [6, 6.07) is -0.646. The largest absolute Gasteiger partial charge is 0.368 e. The molecule has 1 aliphatic heterocycles. The fourth-order valence-corrected chi connectivity index (χ4v) is 4.25. The first kappa shape index (κ1) is 13.4. The van der Waals surface area contributed by atoms with Crippen molar-refractivity contribution < 1.29 is 13.2 Å². The Balaban J connectivity index is 2.87. The number of amides is 1. The van der Waals surface area contributed by atoms with Crippen molar-refractivity contribution >= 4 is 15.9 Å². The molecule has 0 spiro atoms. The Labute approximate surface area is 97.0 Å². The monoisotopic (exact) mass is 248 g/mol. The molecular formula is C10H20N2O3S. The summed E-state index contributed by atoms with van der Waals surface area (Å²) in [6.07, 6.45) is 1.25. The van der Waals surface area contributed by atoms with Crippen molar-refractivity contribution in [2.24, 2.45) is 11.1 Å². The molecule has 0 bridgehead atoms. The van der Waals surface area contributed by atoms with Crippen molar-refractivity contribution in [1.29, 1.82) is 0 Å². The van der Waals surface area contributed by atoms with Crippen LogP contribution < -0.4 is 5.73 Å². The third-order valence-corrected chi connectivity index (χ3v) is 4.89. The predicted molar refractivity (Wildman–Crippen MR) is 62.2 cm³/mol. The Kier molecular flexibility index (Phi) is 3.64. The van der Waals surface area contributed by atoms with Gasteiger partial charge in [0, 0.05) is 6.54 Å². The Hall–Kier alpha value is -0.620. The molecule has 0 aromatic rings. The molecule has 16 heavy (non-hydrogen) atoms. The molecule has 0 aliphatic carbocycles. The minimum absolute atomic E-state index is 0.0454. The maximum absolute atomic E-state index is 12.1. The highest BCUT2D eigenvalue weighted by atomic mass is 32.2. The van der Waals surface area contributed by atoms with Gasteiger partial charge < -0.3 is 5.73 Å². The number of carbonyl (C=O) groups is 1. The van der Waals surface area contributed by atoms with Gasteiger partial charge in [-0.05, 0) is 18.3 Å². The Morgan fingerprint density at radius 3 is 2.44 bits per heavy atom. The maximum Gasteiger partial charge on any atom is 0.235 e. The summed E-state index contributed by atoms with van der Waals surface area (Å²) in [7, 11) is -3.38. The minimum Gasteiger partial charge on any atom is -0.368 e. The molecule has 1 fully saturated rings. The van der Waals surface area contributed by atoms with Gasteiger partial charge in [-0.15, -0.1) is 0 Å². The lowest BCUT2D eigenvalue weighted by Gasteiger charge is -2.26. The molecule has 1 heterocycles. The van der Waals surface area contributed by atoms with E-state index >= 15 is 0 Å². The van der Waals surface area contributed by atoms with Gasteiger partial charge in [0.15, 0.2) is 0 Å². The van der Waals surface area contributed by atoms with Crippen LogP contribution in [0.4, 0.5) is 0 Å². The van der Waals surface area contributed by atoms with Crippen molar-refractivity contribution in [2.75, 3.05) is 12.3 Å². The zero-order valence-electron chi connectivity index (χ0n) is 10.1. The number of primary amides is 1. The molecule has 1 amide bonds. The van der Waals surface area contributed by atoms with Crippen LogP contribution in [0.25, 0.3) is 0 Å². The lowest BCUT2D eigenvalue weighted by molar-refractivity contribution is -0.121. The van der Waals surface area contributed by atoms with Gasteiger partial charge in [0.1, 0.15) is 6.04 Å². The maximum atomic E-state index is 12.1. The smallest absolute Gasteiger partial charge is 0.235 e. The lowest BCUT2D eigenvalue weighted by atomic mass is 10.0. The first-order chi connectivity index (χ1) is 7.13. The number of nitrogens with two attached hydrogens (primary N) is 1. The summed E-state index contributed by atoms with van der Waals surface area (Å²) in [5, 5.41) is 0. The summed E-state index contributed by atoms with van der Waals surface area (Å²) in [5.41, 5.74) is 4.89. The average molecular weight is 248 g/mol. The van der Waals surface area contributed by atoms with Crippen LogP contribution >= 0.6 is 0 Å². The number of hydrogen-bond acceptors (Lipinski definition) is 3.